The van der Waals surface area contributed by atoms with Crippen LogP contribution in [-0.2, 0) is 0 Å². The molecular formula is C46H36N2O2. The summed E-state index contributed by atoms with van der Waals surface area (Å²) >= 11 is 0. The number of anilines is 6. The Bertz CT molecular complexity index is 2140. The van der Waals surface area contributed by atoms with Gasteiger partial charge in [0.25, 0.3) is 0 Å². The maximum absolute atomic E-state index is 6.08. The fourth-order valence-corrected chi connectivity index (χ4v) is 6.93. The van der Waals surface area contributed by atoms with Crippen LogP contribution in [0.15, 0.2) is 182 Å². The van der Waals surface area contributed by atoms with Crippen LogP contribution in [0.25, 0.3) is 32.7 Å². The van der Waals surface area contributed by atoms with Gasteiger partial charge < -0.3 is 19.3 Å². The predicted molar refractivity (Wildman–Crippen MR) is 209 cm³/mol. The van der Waals surface area contributed by atoms with Gasteiger partial charge in [0, 0.05) is 45.3 Å². The van der Waals surface area contributed by atoms with Crippen LogP contribution in [0.3, 0.4) is 0 Å². The molecule has 0 amide bonds. The normalized spacial score (nSPS) is 11.0. The highest BCUT2D eigenvalue weighted by molar-refractivity contribution is 6.11. The molecule has 0 bridgehead atoms. The summed E-state index contributed by atoms with van der Waals surface area (Å²) in [6.07, 6.45) is 0. The molecule has 0 spiro atoms. The van der Waals surface area contributed by atoms with E-state index in [2.05, 4.69) is 168 Å². The molecule has 0 saturated heterocycles. The number of methoxy groups -OCH3 is 2. The van der Waals surface area contributed by atoms with E-state index in [0.29, 0.717) is 0 Å². The topological polar surface area (TPSA) is 24.9 Å². The highest BCUT2D eigenvalue weighted by Gasteiger charge is 2.21. The second kappa shape index (κ2) is 13.5. The molecule has 50 heavy (non-hydrogen) atoms. The van der Waals surface area contributed by atoms with Crippen LogP contribution >= 0.6 is 0 Å². The van der Waals surface area contributed by atoms with Crippen molar-refractivity contribution in [2.45, 2.75) is 0 Å². The van der Waals surface area contributed by atoms with Crippen molar-refractivity contribution in [1.82, 2.24) is 0 Å². The van der Waals surface area contributed by atoms with E-state index < -0.39 is 0 Å². The van der Waals surface area contributed by atoms with Crippen LogP contribution in [0.4, 0.5) is 34.1 Å². The van der Waals surface area contributed by atoms with E-state index in [1.54, 1.807) is 14.2 Å². The molecule has 242 valence electrons. The van der Waals surface area contributed by atoms with Gasteiger partial charge in [0.1, 0.15) is 11.5 Å². The number of ether oxygens (including phenoxy) is 2. The molecule has 4 nitrogen and oxygen atoms in total. The first-order valence-corrected chi connectivity index (χ1v) is 16.8. The van der Waals surface area contributed by atoms with Crippen molar-refractivity contribution in [2.75, 3.05) is 24.0 Å². The monoisotopic (exact) mass is 648 g/mol. The third kappa shape index (κ3) is 5.67. The Hall–Kier alpha value is -6.52. The SMILES string of the molecule is COc1ccc2cc(N(c3ccccc3)c3ccccc3)ccc2c1-c1c(OC)ccc2cc(N(c3ccccc3)c3ccccc3)ccc12. The summed E-state index contributed by atoms with van der Waals surface area (Å²) in [5, 5.41) is 4.37. The summed E-state index contributed by atoms with van der Waals surface area (Å²) in [5.74, 6) is 1.58. The zero-order chi connectivity index (χ0) is 33.9. The third-order valence-corrected chi connectivity index (χ3v) is 9.19. The quantitative estimate of drug-likeness (QED) is 0.155. The first kappa shape index (κ1) is 30.8. The minimum absolute atomic E-state index is 0.790. The van der Waals surface area contributed by atoms with Gasteiger partial charge in [-0.05, 0) is 106 Å². The number of para-hydroxylation sites is 4. The van der Waals surface area contributed by atoms with Gasteiger partial charge in [-0.3, -0.25) is 0 Å². The highest BCUT2D eigenvalue weighted by Crippen LogP contribution is 2.48. The van der Waals surface area contributed by atoms with Gasteiger partial charge >= 0.3 is 0 Å². The number of nitrogens with zero attached hydrogens (tertiary/aromatic N) is 2. The summed E-state index contributed by atoms with van der Waals surface area (Å²) < 4.78 is 12.2. The first-order valence-electron chi connectivity index (χ1n) is 16.8. The van der Waals surface area contributed by atoms with Crippen LogP contribution in [0.5, 0.6) is 11.5 Å². The van der Waals surface area contributed by atoms with Crippen LogP contribution in [0, 0.1) is 0 Å². The largest absolute Gasteiger partial charge is 0.496 e. The van der Waals surface area contributed by atoms with Gasteiger partial charge in [-0.2, -0.15) is 0 Å². The molecule has 0 aliphatic heterocycles. The zero-order valence-corrected chi connectivity index (χ0v) is 28.0. The highest BCUT2D eigenvalue weighted by atomic mass is 16.5. The lowest BCUT2D eigenvalue weighted by Gasteiger charge is -2.26. The molecule has 0 N–H and O–H groups in total. The van der Waals surface area contributed by atoms with E-state index in [-0.39, 0.29) is 0 Å². The number of benzene rings is 8. The minimum Gasteiger partial charge on any atom is -0.496 e. The van der Waals surface area contributed by atoms with Gasteiger partial charge in [-0.25, -0.2) is 0 Å². The van der Waals surface area contributed by atoms with Crippen LogP contribution < -0.4 is 19.3 Å². The molecule has 0 fully saturated rings. The molecule has 0 radical (unpaired) electrons. The predicted octanol–water partition coefficient (Wildman–Crippen LogP) is 12.6. The van der Waals surface area contributed by atoms with Crippen LogP contribution in [-0.4, -0.2) is 14.2 Å². The maximum atomic E-state index is 6.08. The number of fused-ring (bicyclic) bond motifs is 2. The van der Waals surface area contributed by atoms with E-state index in [9.17, 15) is 0 Å². The molecule has 8 aromatic rings. The molecule has 0 saturated carbocycles. The van der Waals surface area contributed by atoms with Crippen molar-refractivity contribution in [1.29, 1.82) is 0 Å². The van der Waals surface area contributed by atoms with E-state index in [4.69, 9.17) is 9.47 Å². The van der Waals surface area contributed by atoms with Crippen LogP contribution in [0.2, 0.25) is 0 Å². The van der Waals surface area contributed by atoms with Crippen molar-refractivity contribution >= 4 is 55.7 Å². The van der Waals surface area contributed by atoms with Gasteiger partial charge in [-0.15, -0.1) is 0 Å². The third-order valence-electron chi connectivity index (χ3n) is 9.19. The lowest BCUT2D eigenvalue weighted by molar-refractivity contribution is 0.411. The van der Waals surface area contributed by atoms with E-state index in [1.165, 1.54) is 0 Å². The molecule has 4 heteroatoms. The Balaban J connectivity index is 1.31. The number of hydrogen-bond acceptors (Lipinski definition) is 4. The summed E-state index contributed by atoms with van der Waals surface area (Å²) in [4.78, 5) is 4.57. The second-order valence-corrected chi connectivity index (χ2v) is 12.1. The van der Waals surface area contributed by atoms with E-state index in [0.717, 1.165) is 78.3 Å². The first-order chi connectivity index (χ1) is 24.7. The second-order valence-electron chi connectivity index (χ2n) is 12.1. The fourth-order valence-electron chi connectivity index (χ4n) is 6.93. The fraction of sp³-hybridized carbons (Fsp3) is 0.0435. The lowest BCUT2D eigenvalue weighted by atomic mass is 9.91. The molecule has 0 aliphatic carbocycles. The summed E-state index contributed by atoms with van der Waals surface area (Å²) in [7, 11) is 3.47. The lowest BCUT2D eigenvalue weighted by Crippen LogP contribution is -2.09. The van der Waals surface area contributed by atoms with Crippen molar-refractivity contribution in [3.05, 3.63) is 182 Å². The van der Waals surface area contributed by atoms with Gasteiger partial charge in [0.15, 0.2) is 0 Å². The van der Waals surface area contributed by atoms with Crippen molar-refractivity contribution in [3.63, 3.8) is 0 Å². The standard InChI is InChI=1S/C46H36N2O2/c1-49-43-29-23-33-31-39(47(35-15-7-3-8-16-35)36-17-9-4-10-18-36)25-27-41(33)45(43)46-42-28-26-40(32-34(42)24-30-44(46)50-2)48(37-19-11-5-12-20-37)38-21-13-6-14-22-38/h3-32H,1-2H3. The Labute approximate surface area is 293 Å². The molecule has 0 unspecified atom stereocenters. The average Bonchev–Trinajstić information content (AvgIpc) is 3.19. The van der Waals surface area contributed by atoms with Gasteiger partial charge in [0.05, 0.1) is 14.2 Å². The Kier molecular flexibility index (Phi) is 8.34. The van der Waals surface area contributed by atoms with Crippen LogP contribution in [0.1, 0.15) is 0 Å². The smallest absolute Gasteiger partial charge is 0.127 e. The molecule has 0 atom stereocenters. The summed E-state index contributed by atoms with van der Waals surface area (Å²) in [6.45, 7) is 0. The Morgan fingerprint density at radius 1 is 0.320 bits per heavy atom. The summed E-state index contributed by atoms with van der Waals surface area (Å²) in [6, 6.07) is 63.7. The Morgan fingerprint density at radius 2 is 0.640 bits per heavy atom. The number of hydrogen-bond donors (Lipinski definition) is 0. The molecule has 0 aromatic heterocycles. The molecule has 0 aliphatic rings. The molecule has 8 aromatic carbocycles. The van der Waals surface area contributed by atoms with Crippen molar-refractivity contribution in [3.8, 4) is 22.6 Å². The zero-order valence-electron chi connectivity index (χ0n) is 28.0. The molecule has 8 rings (SSSR count). The van der Waals surface area contributed by atoms with Gasteiger partial charge in [0.2, 0.25) is 0 Å². The minimum atomic E-state index is 0.790. The van der Waals surface area contributed by atoms with Crippen molar-refractivity contribution in [2.24, 2.45) is 0 Å². The Morgan fingerprint density at radius 3 is 0.940 bits per heavy atom. The average molecular weight is 649 g/mol. The summed E-state index contributed by atoms with van der Waals surface area (Å²) in [5.41, 5.74) is 8.53. The van der Waals surface area contributed by atoms with E-state index >= 15 is 0 Å². The molecular weight excluding hydrogens is 613 g/mol. The van der Waals surface area contributed by atoms with E-state index in [1.807, 2.05) is 24.3 Å². The molecule has 0 heterocycles. The van der Waals surface area contributed by atoms with Crippen molar-refractivity contribution < 1.29 is 9.47 Å². The van der Waals surface area contributed by atoms with Gasteiger partial charge in [-0.1, -0.05) is 97.1 Å². The number of rotatable bonds is 9. The maximum Gasteiger partial charge on any atom is 0.127 e.